The van der Waals surface area contributed by atoms with Crippen molar-refractivity contribution >= 4 is 5.69 Å². The molecule has 2 aliphatic rings. The highest BCUT2D eigenvalue weighted by atomic mass is 15.2. The summed E-state index contributed by atoms with van der Waals surface area (Å²) in [5.41, 5.74) is 9.83. The molecule has 0 radical (unpaired) electrons. The van der Waals surface area contributed by atoms with Crippen LogP contribution in [0.25, 0.3) is 0 Å². The second kappa shape index (κ2) is 5.77. The molecule has 20 heavy (non-hydrogen) atoms. The van der Waals surface area contributed by atoms with Crippen LogP contribution in [0.5, 0.6) is 0 Å². The number of rotatable bonds is 3. The van der Waals surface area contributed by atoms with Gasteiger partial charge in [-0.3, -0.25) is 4.90 Å². The van der Waals surface area contributed by atoms with Gasteiger partial charge in [-0.1, -0.05) is 19.4 Å². The van der Waals surface area contributed by atoms with Gasteiger partial charge in [0.15, 0.2) is 0 Å². The van der Waals surface area contributed by atoms with Crippen LogP contribution >= 0.6 is 0 Å². The molecular formula is C18H28N2. The Morgan fingerprint density at radius 2 is 1.90 bits per heavy atom. The number of nitrogen functional groups attached to an aromatic ring is 1. The lowest BCUT2D eigenvalue weighted by Crippen LogP contribution is -2.37. The summed E-state index contributed by atoms with van der Waals surface area (Å²) in [6, 6.07) is 7.91. The van der Waals surface area contributed by atoms with Crippen LogP contribution in [0.15, 0.2) is 18.2 Å². The zero-order valence-corrected chi connectivity index (χ0v) is 12.9. The maximum Gasteiger partial charge on any atom is 0.0353 e. The number of hydrogen-bond acceptors (Lipinski definition) is 2. The molecule has 0 amide bonds. The van der Waals surface area contributed by atoms with Crippen molar-refractivity contribution < 1.29 is 0 Å². The third-order valence-electron chi connectivity index (χ3n) is 5.67. The summed E-state index contributed by atoms with van der Waals surface area (Å²) in [6.07, 6.45) is 9.44. The fourth-order valence-corrected chi connectivity index (χ4v) is 4.25. The Bertz CT molecular complexity index is 460. The van der Waals surface area contributed by atoms with Gasteiger partial charge in [-0.15, -0.1) is 0 Å². The molecule has 1 aromatic rings. The molecule has 1 saturated carbocycles. The second-order valence-corrected chi connectivity index (χ2v) is 6.76. The van der Waals surface area contributed by atoms with Crippen LogP contribution in [-0.2, 0) is 6.42 Å². The van der Waals surface area contributed by atoms with Crippen LogP contribution in [0.3, 0.4) is 0 Å². The first kappa shape index (κ1) is 13.9. The van der Waals surface area contributed by atoms with Crippen LogP contribution in [0.1, 0.15) is 62.6 Å². The lowest BCUT2D eigenvalue weighted by Gasteiger charge is -2.38. The smallest absolute Gasteiger partial charge is 0.0353 e. The van der Waals surface area contributed by atoms with Gasteiger partial charge < -0.3 is 5.73 Å². The van der Waals surface area contributed by atoms with E-state index in [2.05, 4.69) is 37.1 Å². The van der Waals surface area contributed by atoms with Gasteiger partial charge >= 0.3 is 0 Å². The number of fused-ring (bicyclic) bond motifs is 1. The molecular weight excluding hydrogens is 244 g/mol. The van der Waals surface area contributed by atoms with E-state index in [1.165, 1.54) is 56.1 Å². The predicted octanol–water partition coefficient (Wildman–Crippen LogP) is 4.16. The summed E-state index contributed by atoms with van der Waals surface area (Å²) in [6.45, 7) is 2.34. The first-order valence-electron chi connectivity index (χ1n) is 8.29. The first-order chi connectivity index (χ1) is 9.69. The van der Waals surface area contributed by atoms with Crippen LogP contribution < -0.4 is 5.73 Å². The fraction of sp³-hybridized carbons (Fsp3) is 0.667. The van der Waals surface area contributed by atoms with E-state index in [-0.39, 0.29) is 0 Å². The van der Waals surface area contributed by atoms with Crippen molar-refractivity contribution in [1.29, 1.82) is 0 Å². The normalized spacial score (nSPS) is 29.6. The zero-order valence-electron chi connectivity index (χ0n) is 12.9. The zero-order chi connectivity index (χ0) is 14.1. The summed E-state index contributed by atoms with van der Waals surface area (Å²) in [4.78, 5) is 2.66. The molecule has 2 aliphatic carbocycles. The minimum absolute atomic E-state index is 0.619. The molecule has 3 rings (SSSR count). The molecule has 1 unspecified atom stereocenters. The van der Waals surface area contributed by atoms with Crippen LogP contribution in [0.2, 0.25) is 0 Å². The standard InChI is InChI=1S/C18H28N2/c1-3-13-4-8-16(9-5-13)20(2)18-11-6-14-12-15(19)7-10-17(14)18/h7,10,12-13,16,18H,3-6,8-9,11,19H2,1-2H3. The van der Waals surface area contributed by atoms with Gasteiger partial charge in [0.1, 0.15) is 0 Å². The molecule has 2 heteroatoms. The summed E-state index contributed by atoms with van der Waals surface area (Å²) < 4.78 is 0. The minimum Gasteiger partial charge on any atom is -0.399 e. The van der Waals surface area contributed by atoms with Crippen molar-refractivity contribution in [3.63, 3.8) is 0 Å². The Morgan fingerprint density at radius 3 is 2.60 bits per heavy atom. The maximum absolute atomic E-state index is 5.91. The van der Waals surface area contributed by atoms with E-state index in [4.69, 9.17) is 5.73 Å². The van der Waals surface area contributed by atoms with Crippen molar-refractivity contribution in [2.24, 2.45) is 5.92 Å². The molecule has 0 heterocycles. The topological polar surface area (TPSA) is 29.3 Å². The largest absolute Gasteiger partial charge is 0.399 e. The van der Waals surface area contributed by atoms with E-state index < -0.39 is 0 Å². The Labute approximate surface area is 123 Å². The molecule has 0 aromatic heterocycles. The predicted molar refractivity (Wildman–Crippen MR) is 85.7 cm³/mol. The van der Waals surface area contributed by atoms with Crippen molar-refractivity contribution in [3.8, 4) is 0 Å². The van der Waals surface area contributed by atoms with E-state index in [9.17, 15) is 0 Å². The third kappa shape index (κ3) is 2.58. The van der Waals surface area contributed by atoms with Crippen LogP contribution in [0, 0.1) is 5.92 Å². The lowest BCUT2D eigenvalue weighted by atomic mass is 9.83. The summed E-state index contributed by atoms with van der Waals surface area (Å²) in [5, 5.41) is 0. The van der Waals surface area contributed by atoms with Gasteiger partial charge in [-0.2, -0.15) is 0 Å². The highest BCUT2D eigenvalue weighted by molar-refractivity contribution is 5.47. The van der Waals surface area contributed by atoms with Crippen molar-refractivity contribution in [1.82, 2.24) is 4.90 Å². The Balaban J connectivity index is 1.69. The average Bonchev–Trinajstić information content (AvgIpc) is 2.89. The number of nitrogens with zero attached hydrogens (tertiary/aromatic N) is 1. The Hall–Kier alpha value is -1.02. The second-order valence-electron chi connectivity index (χ2n) is 6.76. The van der Waals surface area contributed by atoms with Crippen molar-refractivity contribution in [2.75, 3.05) is 12.8 Å². The minimum atomic E-state index is 0.619. The van der Waals surface area contributed by atoms with Gasteiger partial charge in [0.25, 0.3) is 0 Å². The molecule has 2 nitrogen and oxygen atoms in total. The molecule has 1 atom stereocenters. The van der Waals surface area contributed by atoms with Crippen molar-refractivity contribution in [3.05, 3.63) is 29.3 Å². The fourth-order valence-electron chi connectivity index (χ4n) is 4.25. The maximum atomic E-state index is 5.91. The number of nitrogens with two attached hydrogens (primary N) is 1. The Kier molecular flexibility index (Phi) is 4.02. The summed E-state index contributed by atoms with van der Waals surface area (Å²) >= 11 is 0. The number of aryl methyl sites for hydroxylation is 1. The highest BCUT2D eigenvalue weighted by Gasteiger charge is 2.31. The molecule has 1 aromatic carbocycles. The third-order valence-corrected chi connectivity index (χ3v) is 5.67. The number of anilines is 1. The number of benzene rings is 1. The van der Waals surface area contributed by atoms with E-state index in [0.29, 0.717) is 6.04 Å². The summed E-state index contributed by atoms with van der Waals surface area (Å²) in [7, 11) is 2.34. The average molecular weight is 272 g/mol. The molecule has 1 fully saturated rings. The number of hydrogen-bond donors (Lipinski definition) is 1. The van der Waals surface area contributed by atoms with Gasteiger partial charge in [-0.25, -0.2) is 0 Å². The molecule has 0 aliphatic heterocycles. The molecule has 0 bridgehead atoms. The van der Waals surface area contributed by atoms with Gasteiger partial charge in [0, 0.05) is 17.8 Å². The van der Waals surface area contributed by atoms with Crippen LogP contribution in [0.4, 0.5) is 5.69 Å². The van der Waals surface area contributed by atoms with Crippen molar-refractivity contribution in [2.45, 2.75) is 64.0 Å². The SMILES string of the molecule is CCC1CCC(N(C)C2CCc3cc(N)ccc32)CC1. The van der Waals surface area contributed by atoms with E-state index in [1.54, 1.807) is 0 Å². The van der Waals surface area contributed by atoms with Gasteiger partial charge in [0.2, 0.25) is 0 Å². The quantitative estimate of drug-likeness (QED) is 0.837. The first-order valence-corrected chi connectivity index (χ1v) is 8.29. The van der Waals surface area contributed by atoms with Gasteiger partial charge in [-0.05, 0) is 74.8 Å². The summed E-state index contributed by atoms with van der Waals surface area (Å²) in [5.74, 6) is 0.982. The molecule has 0 saturated heterocycles. The Morgan fingerprint density at radius 1 is 1.15 bits per heavy atom. The monoisotopic (exact) mass is 272 g/mol. The molecule has 110 valence electrons. The van der Waals surface area contributed by atoms with Gasteiger partial charge in [0.05, 0.1) is 0 Å². The van der Waals surface area contributed by atoms with E-state index in [1.807, 2.05) is 0 Å². The van der Waals surface area contributed by atoms with E-state index in [0.717, 1.165) is 17.6 Å². The highest BCUT2D eigenvalue weighted by Crippen LogP contribution is 2.39. The van der Waals surface area contributed by atoms with Crippen LogP contribution in [-0.4, -0.2) is 18.0 Å². The van der Waals surface area contributed by atoms with E-state index >= 15 is 0 Å². The molecule has 0 spiro atoms. The molecule has 2 N–H and O–H groups in total. The lowest BCUT2D eigenvalue weighted by molar-refractivity contribution is 0.119.